The van der Waals surface area contributed by atoms with Crippen molar-refractivity contribution in [3.63, 3.8) is 0 Å². The molecule has 114 valence electrons. The third kappa shape index (κ3) is 3.71. The molecule has 1 aliphatic carbocycles. The number of aromatic carboxylic acids is 1. The van der Waals surface area contributed by atoms with Crippen LogP contribution in [-0.4, -0.2) is 39.6 Å². The SMILES string of the molecule is CCN(C(=O)Nc1cccnc1C(=O)O)C1CCCCC1. The summed E-state index contributed by atoms with van der Waals surface area (Å²) < 4.78 is 0. The molecule has 0 saturated heterocycles. The summed E-state index contributed by atoms with van der Waals surface area (Å²) in [5.74, 6) is -1.15. The van der Waals surface area contributed by atoms with Crippen LogP contribution in [0.15, 0.2) is 18.3 Å². The van der Waals surface area contributed by atoms with E-state index >= 15 is 0 Å². The molecule has 1 aliphatic rings. The molecule has 1 aromatic heterocycles. The van der Waals surface area contributed by atoms with Crippen molar-refractivity contribution in [2.45, 2.75) is 45.1 Å². The lowest BCUT2D eigenvalue weighted by molar-refractivity contribution is 0.0691. The Morgan fingerprint density at radius 3 is 2.71 bits per heavy atom. The highest BCUT2D eigenvalue weighted by Crippen LogP contribution is 2.23. The molecule has 1 aromatic rings. The number of carbonyl (C=O) groups excluding carboxylic acids is 1. The second-order valence-corrected chi connectivity index (χ2v) is 5.21. The summed E-state index contributed by atoms with van der Waals surface area (Å²) in [4.78, 5) is 29.1. The standard InChI is InChI=1S/C15H21N3O3/c1-2-18(11-7-4-3-5-8-11)15(21)17-12-9-6-10-16-13(12)14(19)20/h6,9-11H,2-5,7-8H2,1H3,(H,17,21)(H,19,20). The Kier molecular flexibility index (Phi) is 5.14. The first kappa shape index (κ1) is 15.3. The summed E-state index contributed by atoms with van der Waals surface area (Å²) >= 11 is 0. The minimum Gasteiger partial charge on any atom is -0.476 e. The van der Waals surface area contributed by atoms with Gasteiger partial charge in [-0.15, -0.1) is 0 Å². The molecular formula is C15H21N3O3. The summed E-state index contributed by atoms with van der Waals surface area (Å²) in [6.45, 7) is 2.55. The third-order valence-corrected chi connectivity index (χ3v) is 3.87. The zero-order valence-corrected chi connectivity index (χ0v) is 12.2. The van der Waals surface area contributed by atoms with E-state index in [0.29, 0.717) is 6.54 Å². The molecule has 0 unspecified atom stereocenters. The lowest BCUT2D eigenvalue weighted by Crippen LogP contribution is -2.43. The average molecular weight is 291 g/mol. The minimum absolute atomic E-state index is 0.134. The molecule has 0 spiro atoms. The van der Waals surface area contributed by atoms with Gasteiger partial charge in [-0.25, -0.2) is 14.6 Å². The molecule has 6 nitrogen and oxygen atoms in total. The lowest BCUT2D eigenvalue weighted by Gasteiger charge is -2.33. The number of nitrogens with one attached hydrogen (secondary N) is 1. The van der Waals surface area contributed by atoms with Crippen molar-refractivity contribution in [1.29, 1.82) is 0 Å². The molecule has 0 aliphatic heterocycles. The van der Waals surface area contributed by atoms with Gasteiger partial charge in [-0.3, -0.25) is 0 Å². The van der Waals surface area contributed by atoms with Crippen molar-refractivity contribution >= 4 is 17.7 Å². The third-order valence-electron chi connectivity index (χ3n) is 3.87. The summed E-state index contributed by atoms with van der Waals surface area (Å²) in [7, 11) is 0. The number of aromatic nitrogens is 1. The number of rotatable bonds is 4. The Bertz CT molecular complexity index is 513. The van der Waals surface area contributed by atoms with Crippen molar-refractivity contribution in [2.75, 3.05) is 11.9 Å². The molecule has 21 heavy (non-hydrogen) atoms. The molecular weight excluding hydrogens is 270 g/mol. The highest BCUT2D eigenvalue weighted by molar-refractivity contribution is 5.98. The lowest BCUT2D eigenvalue weighted by atomic mass is 9.94. The second-order valence-electron chi connectivity index (χ2n) is 5.21. The van der Waals surface area contributed by atoms with Gasteiger partial charge in [0.25, 0.3) is 0 Å². The summed E-state index contributed by atoms with van der Waals surface area (Å²) in [5.41, 5.74) is 0.106. The first-order chi connectivity index (χ1) is 10.1. The number of carboxylic acid groups (broad SMARTS) is 1. The van der Waals surface area contributed by atoms with Crippen molar-refractivity contribution in [2.24, 2.45) is 0 Å². The van der Waals surface area contributed by atoms with Gasteiger partial charge in [0.15, 0.2) is 5.69 Å². The van der Waals surface area contributed by atoms with E-state index in [1.807, 2.05) is 6.92 Å². The van der Waals surface area contributed by atoms with Gasteiger partial charge in [0.05, 0.1) is 5.69 Å². The predicted octanol–water partition coefficient (Wildman–Crippen LogP) is 2.97. The van der Waals surface area contributed by atoms with E-state index in [9.17, 15) is 9.59 Å². The van der Waals surface area contributed by atoms with Crippen molar-refractivity contribution < 1.29 is 14.7 Å². The Labute approximate surface area is 124 Å². The summed E-state index contributed by atoms with van der Waals surface area (Å²) in [5, 5.41) is 11.8. The van der Waals surface area contributed by atoms with Gasteiger partial charge in [0.2, 0.25) is 0 Å². The Morgan fingerprint density at radius 1 is 1.38 bits per heavy atom. The first-order valence-corrected chi connectivity index (χ1v) is 7.39. The van der Waals surface area contributed by atoms with E-state index in [2.05, 4.69) is 10.3 Å². The van der Waals surface area contributed by atoms with Gasteiger partial charge in [0.1, 0.15) is 0 Å². The number of pyridine rings is 1. The molecule has 6 heteroatoms. The van der Waals surface area contributed by atoms with Crippen LogP contribution >= 0.6 is 0 Å². The van der Waals surface area contributed by atoms with Crippen LogP contribution in [0.2, 0.25) is 0 Å². The molecule has 1 saturated carbocycles. The van der Waals surface area contributed by atoms with E-state index in [1.165, 1.54) is 12.6 Å². The molecule has 1 fully saturated rings. The number of anilines is 1. The van der Waals surface area contributed by atoms with Crippen LogP contribution in [0, 0.1) is 0 Å². The fraction of sp³-hybridized carbons (Fsp3) is 0.533. The average Bonchev–Trinajstić information content (AvgIpc) is 2.49. The number of amides is 2. The highest BCUT2D eigenvalue weighted by atomic mass is 16.4. The Balaban J connectivity index is 2.10. The zero-order chi connectivity index (χ0) is 15.2. The topological polar surface area (TPSA) is 82.5 Å². The molecule has 0 bridgehead atoms. The van der Waals surface area contributed by atoms with Gasteiger partial charge in [-0.05, 0) is 31.9 Å². The van der Waals surface area contributed by atoms with Crippen LogP contribution in [0.3, 0.4) is 0 Å². The maximum Gasteiger partial charge on any atom is 0.356 e. The molecule has 0 aromatic carbocycles. The van der Waals surface area contributed by atoms with E-state index in [0.717, 1.165) is 25.7 Å². The van der Waals surface area contributed by atoms with Crippen molar-refractivity contribution in [3.8, 4) is 0 Å². The van der Waals surface area contributed by atoms with E-state index in [4.69, 9.17) is 5.11 Å². The van der Waals surface area contributed by atoms with Crippen LogP contribution in [0.25, 0.3) is 0 Å². The van der Waals surface area contributed by atoms with E-state index < -0.39 is 5.97 Å². The minimum atomic E-state index is -1.15. The summed E-state index contributed by atoms with van der Waals surface area (Å²) in [6, 6.07) is 3.16. The monoisotopic (exact) mass is 291 g/mol. The Hall–Kier alpha value is -2.11. The molecule has 0 radical (unpaired) electrons. The maximum absolute atomic E-state index is 12.4. The van der Waals surface area contributed by atoms with Gasteiger partial charge in [-0.1, -0.05) is 19.3 Å². The number of carboxylic acids is 1. The van der Waals surface area contributed by atoms with Gasteiger partial charge in [0, 0.05) is 18.8 Å². The fourth-order valence-electron chi connectivity index (χ4n) is 2.82. The van der Waals surface area contributed by atoms with Gasteiger partial charge in [-0.2, -0.15) is 0 Å². The van der Waals surface area contributed by atoms with E-state index in [-0.39, 0.29) is 23.5 Å². The first-order valence-electron chi connectivity index (χ1n) is 7.39. The molecule has 0 atom stereocenters. The molecule has 2 N–H and O–H groups in total. The van der Waals surface area contributed by atoms with Crippen LogP contribution in [0.1, 0.15) is 49.5 Å². The van der Waals surface area contributed by atoms with Crippen molar-refractivity contribution in [3.05, 3.63) is 24.0 Å². The predicted molar refractivity (Wildman–Crippen MR) is 79.5 cm³/mol. The number of hydrogen-bond donors (Lipinski definition) is 2. The number of urea groups is 1. The van der Waals surface area contributed by atoms with Gasteiger partial charge < -0.3 is 15.3 Å². The van der Waals surface area contributed by atoms with Crippen LogP contribution in [-0.2, 0) is 0 Å². The number of nitrogens with zero attached hydrogens (tertiary/aromatic N) is 2. The van der Waals surface area contributed by atoms with Crippen LogP contribution in [0.4, 0.5) is 10.5 Å². The number of carbonyl (C=O) groups is 2. The largest absolute Gasteiger partial charge is 0.476 e. The molecule has 1 heterocycles. The number of hydrogen-bond acceptors (Lipinski definition) is 3. The van der Waals surface area contributed by atoms with Crippen molar-refractivity contribution in [1.82, 2.24) is 9.88 Å². The molecule has 2 amide bonds. The quantitative estimate of drug-likeness (QED) is 0.893. The van der Waals surface area contributed by atoms with Crippen LogP contribution in [0.5, 0.6) is 0 Å². The molecule has 2 rings (SSSR count). The fourth-order valence-corrected chi connectivity index (χ4v) is 2.82. The summed E-state index contributed by atoms with van der Waals surface area (Å²) in [6.07, 6.45) is 6.93. The van der Waals surface area contributed by atoms with Gasteiger partial charge >= 0.3 is 12.0 Å². The zero-order valence-electron chi connectivity index (χ0n) is 12.2. The smallest absolute Gasteiger partial charge is 0.356 e. The maximum atomic E-state index is 12.4. The van der Waals surface area contributed by atoms with E-state index in [1.54, 1.807) is 17.0 Å². The highest BCUT2D eigenvalue weighted by Gasteiger charge is 2.25. The van der Waals surface area contributed by atoms with Crippen LogP contribution < -0.4 is 5.32 Å². The normalized spacial score (nSPS) is 15.5. The second kappa shape index (κ2) is 7.06. The Morgan fingerprint density at radius 2 is 2.10 bits per heavy atom.